The van der Waals surface area contributed by atoms with E-state index in [2.05, 4.69) is 16.4 Å². The fourth-order valence-electron chi connectivity index (χ4n) is 2.52. The molecule has 1 aromatic heterocycles. The highest BCUT2D eigenvalue weighted by molar-refractivity contribution is 5.83. The SMILES string of the molecule is CN(CC(=O)NCCCc1c[nH]c2ccccc12)C(=O)OC(C)(C)C. The molecular formula is C19H27N3O3. The summed E-state index contributed by atoms with van der Waals surface area (Å²) in [5, 5.41) is 4.06. The van der Waals surface area contributed by atoms with Gasteiger partial charge >= 0.3 is 6.09 Å². The fraction of sp³-hybridized carbons (Fsp3) is 0.474. The molecule has 2 aromatic rings. The number of benzene rings is 1. The van der Waals surface area contributed by atoms with Crippen LogP contribution in [-0.4, -0.2) is 47.6 Å². The summed E-state index contributed by atoms with van der Waals surface area (Å²) >= 11 is 0. The summed E-state index contributed by atoms with van der Waals surface area (Å²) in [4.78, 5) is 28.3. The smallest absolute Gasteiger partial charge is 0.410 e. The van der Waals surface area contributed by atoms with Crippen molar-refractivity contribution in [2.75, 3.05) is 20.1 Å². The van der Waals surface area contributed by atoms with Gasteiger partial charge in [0.05, 0.1) is 0 Å². The molecule has 0 saturated carbocycles. The molecule has 0 atom stereocenters. The Morgan fingerprint density at radius 1 is 1.24 bits per heavy atom. The fourth-order valence-corrected chi connectivity index (χ4v) is 2.52. The maximum absolute atomic E-state index is 11.9. The van der Waals surface area contributed by atoms with Gasteiger partial charge in [-0.25, -0.2) is 4.79 Å². The van der Waals surface area contributed by atoms with Gasteiger partial charge in [-0.2, -0.15) is 0 Å². The summed E-state index contributed by atoms with van der Waals surface area (Å²) in [5.74, 6) is -0.188. The lowest BCUT2D eigenvalue weighted by Crippen LogP contribution is -2.41. The number of para-hydroxylation sites is 1. The van der Waals surface area contributed by atoms with Crippen molar-refractivity contribution >= 4 is 22.9 Å². The van der Waals surface area contributed by atoms with E-state index < -0.39 is 11.7 Å². The predicted octanol–water partition coefficient (Wildman–Crippen LogP) is 3.08. The highest BCUT2D eigenvalue weighted by atomic mass is 16.6. The molecule has 6 heteroatoms. The van der Waals surface area contributed by atoms with Gasteiger partial charge in [0.15, 0.2) is 0 Å². The third-order valence-electron chi connectivity index (χ3n) is 3.71. The largest absolute Gasteiger partial charge is 0.444 e. The standard InChI is InChI=1S/C19H27N3O3/c1-19(2,3)25-18(24)22(4)13-17(23)20-11-7-8-14-12-21-16-10-6-5-9-15(14)16/h5-6,9-10,12,21H,7-8,11,13H2,1-4H3,(H,20,23). The summed E-state index contributed by atoms with van der Waals surface area (Å²) in [6.45, 7) is 5.94. The zero-order chi connectivity index (χ0) is 18.4. The van der Waals surface area contributed by atoms with Crippen LogP contribution in [0.4, 0.5) is 4.79 Å². The lowest BCUT2D eigenvalue weighted by atomic mass is 10.1. The number of ether oxygens (including phenoxy) is 1. The first-order chi connectivity index (χ1) is 11.8. The van der Waals surface area contributed by atoms with E-state index in [1.165, 1.54) is 15.8 Å². The van der Waals surface area contributed by atoms with Gasteiger partial charge in [-0.3, -0.25) is 4.79 Å². The monoisotopic (exact) mass is 345 g/mol. The van der Waals surface area contributed by atoms with Crippen LogP contribution >= 0.6 is 0 Å². The van der Waals surface area contributed by atoms with Crippen molar-refractivity contribution in [1.29, 1.82) is 0 Å². The quantitative estimate of drug-likeness (QED) is 0.790. The molecule has 136 valence electrons. The van der Waals surface area contributed by atoms with Crippen LogP contribution in [0.15, 0.2) is 30.5 Å². The number of carbonyl (C=O) groups is 2. The van der Waals surface area contributed by atoms with E-state index in [9.17, 15) is 9.59 Å². The van der Waals surface area contributed by atoms with Crippen LogP contribution < -0.4 is 5.32 Å². The Labute approximate surface area is 148 Å². The van der Waals surface area contributed by atoms with Crippen molar-refractivity contribution in [2.24, 2.45) is 0 Å². The van der Waals surface area contributed by atoms with Gasteiger partial charge in [0, 0.05) is 30.7 Å². The molecule has 2 N–H and O–H groups in total. The average molecular weight is 345 g/mol. The summed E-state index contributed by atoms with van der Waals surface area (Å²) in [5.41, 5.74) is 1.80. The lowest BCUT2D eigenvalue weighted by Gasteiger charge is -2.24. The first-order valence-electron chi connectivity index (χ1n) is 8.52. The minimum atomic E-state index is -0.568. The van der Waals surface area contributed by atoms with Crippen LogP contribution in [0.1, 0.15) is 32.8 Å². The van der Waals surface area contributed by atoms with Gasteiger partial charge in [-0.05, 0) is 45.2 Å². The van der Waals surface area contributed by atoms with Crippen molar-refractivity contribution in [3.63, 3.8) is 0 Å². The Bertz CT molecular complexity index is 731. The molecule has 0 radical (unpaired) electrons. The molecular weight excluding hydrogens is 318 g/mol. The van der Waals surface area contributed by atoms with Gasteiger partial charge in [0.2, 0.25) is 5.91 Å². The van der Waals surface area contributed by atoms with E-state index >= 15 is 0 Å². The van der Waals surface area contributed by atoms with Gasteiger partial charge in [0.25, 0.3) is 0 Å². The second-order valence-corrected chi connectivity index (χ2v) is 7.15. The number of rotatable bonds is 6. The normalized spacial score (nSPS) is 11.4. The number of aryl methyl sites for hydroxylation is 1. The van der Waals surface area contributed by atoms with Crippen LogP contribution in [0.2, 0.25) is 0 Å². The van der Waals surface area contributed by atoms with Gasteiger partial charge in [0.1, 0.15) is 12.1 Å². The van der Waals surface area contributed by atoms with Crippen molar-refractivity contribution in [3.8, 4) is 0 Å². The molecule has 6 nitrogen and oxygen atoms in total. The van der Waals surface area contributed by atoms with E-state index in [0.717, 1.165) is 18.4 Å². The number of hydrogen-bond donors (Lipinski definition) is 2. The number of hydrogen-bond acceptors (Lipinski definition) is 3. The lowest BCUT2D eigenvalue weighted by molar-refractivity contribution is -0.122. The Morgan fingerprint density at radius 2 is 1.96 bits per heavy atom. The van der Waals surface area contributed by atoms with E-state index in [-0.39, 0.29) is 12.5 Å². The second kappa shape index (κ2) is 8.05. The number of amides is 2. The molecule has 0 spiro atoms. The van der Waals surface area contributed by atoms with E-state index in [4.69, 9.17) is 4.74 Å². The zero-order valence-corrected chi connectivity index (χ0v) is 15.4. The minimum Gasteiger partial charge on any atom is -0.444 e. The van der Waals surface area contributed by atoms with Crippen LogP contribution in [-0.2, 0) is 16.0 Å². The molecule has 0 saturated heterocycles. The van der Waals surface area contributed by atoms with Crippen molar-refractivity contribution in [1.82, 2.24) is 15.2 Å². The van der Waals surface area contributed by atoms with Crippen molar-refractivity contribution in [3.05, 3.63) is 36.0 Å². The molecule has 0 aliphatic carbocycles. The predicted molar refractivity (Wildman–Crippen MR) is 98.5 cm³/mol. The molecule has 0 unspecified atom stereocenters. The number of aromatic nitrogens is 1. The zero-order valence-electron chi connectivity index (χ0n) is 15.4. The van der Waals surface area contributed by atoms with E-state index in [1.807, 2.05) is 24.4 Å². The maximum Gasteiger partial charge on any atom is 0.410 e. The van der Waals surface area contributed by atoms with Crippen molar-refractivity contribution in [2.45, 2.75) is 39.2 Å². The number of fused-ring (bicyclic) bond motifs is 1. The molecule has 0 aliphatic heterocycles. The third-order valence-corrected chi connectivity index (χ3v) is 3.71. The molecule has 1 aromatic carbocycles. The number of nitrogens with one attached hydrogen (secondary N) is 2. The Hall–Kier alpha value is -2.50. The number of carbonyl (C=O) groups excluding carboxylic acids is 2. The number of H-pyrrole nitrogens is 1. The Kier molecular flexibility index (Phi) is 6.07. The number of aromatic amines is 1. The summed E-state index contributed by atoms with van der Waals surface area (Å²) < 4.78 is 5.22. The summed E-state index contributed by atoms with van der Waals surface area (Å²) in [6.07, 6.45) is 3.24. The third kappa shape index (κ3) is 5.81. The molecule has 0 bridgehead atoms. The van der Waals surface area contributed by atoms with Gasteiger partial charge < -0.3 is 19.9 Å². The molecule has 2 rings (SSSR count). The summed E-state index contributed by atoms with van der Waals surface area (Å²) in [7, 11) is 1.56. The minimum absolute atomic E-state index is 0.0119. The highest BCUT2D eigenvalue weighted by Crippen LogP contribution is 2.18. The van der Waals surface area contributed by atoms with Crippen LogP contribution in [0.3, 0.4) is 0 Å². The summed E-state index contributed by atoms with van der Waals surface area (Å²) in [6, 6.07) is 8.17. The molecule has 2 amide bonds. The molecule has 25 heavy (non-hydrogen) atoms. The van der Waals surface area contributed by atoms with Crippen LogP contribution in [0.5, 0.6) is 0 Å². The highest BCUT2D eigenvalue weighted by Gasteiger charge is 2.20. The van der Waals surface area contributed by atoms with Gasteiger partial charge in [-0.1, -0.05) is 18.2 Å². The maximum atomic E-state index is 11.9. The molecule has 1 heterocycles. The Morgan fingerprint density at radius 3 is 2.68 bits per heavy atom. The van der Waals surface area contributed by atoms with E-state index in [1.54, 1.807) is 27.8 Å². The van der Waals surface area contributed by atoms with E-state index in [0.29, 0.717) is 6.54 Å². The van der Waals surface area contributed by atoms with Gasteiger partial charge in [-0.15, -0.1) is 0 Å². The molecule has 0 fully saturated rings. The molecule has 0 aliphatic rings. The Balaban J connectivity index is 1.71. The first kappa shape index (κ1) is 18.8. The second-order valence-electron chi connectivity index (χ2n) is 7.15. The van der Waals surface area contributed by atoms with Crippen LogP contribution in [0.25, 0.3) is 10.9 Å². The number of likely N-dealkylation sites (N-methyl/N-ethyl adjacent to an activating group) is 1. The average Bonchev–Trinajstić information content (AvgIpc) is 2.93. The number of nitrogens with zero attached hydrogens (tertiary/aromatic N) is 1. The van der Waals surface area contributed by atoms with Crippen LogP contribution in [0, 0.1) is 0 Å². The topological polar surface area (TPSA) is 74.4 Å². The van der Waals surface area contributed by atoms with Crippen molar-refractivity contribution < 1.29 is 14.3 Å². The first-order valence-corrected chi connectivity index (χ1v) is 8.52.